The smallest absolute Gasteiger partial charge is 0.309 e. The average Bonchev–Trinajstić information content (AvgIpc) is 3.18. The molecule has 0 saturated carbocycles. The number of carbonyl (C=O) groups is 3. The molecule has 28 heavy (non-hydrogen) atoms. The van der Waals surface area contributed by atoms with E-state index in [2.05, 4.69) is 0 Å². The molecule has 1 aromatic rings. The number of amides is 1. The van der Waals surface area contributed by atoms with Gasteiger partial charge >= 0.3 is 5.97 Å². The SMILES string of the molecule is COc1ccc(C(C)=O)cc1CC(=O)N1CCC([C@@H]2OCCC2C(=O)O)CC1. The number of nitrogens with zero attached hydrogens (tertiary/aromatic N) is 1. The van der Waals surface area contributed by atoms with Crippen LogP contribution in [0.1, 0.15) is 42.1 Å². The van der Waals surface area contributed by atoms with Crippen LogP contribution in [0.15, 0.2) is 18.2 Å². The maximum absolute atomic E-state index is 12.8. The number of ketones is 1. The van der Waals surface area contributed by atoms with Crippen molar-refractivity contribution in [1.29, 1.82) is 0 Å². The highest BCUT2D eigenvalue weighted by Crippen LogP contribution is 2.33. The summed E-state index contributed by atoms with van der Waals surface area (Å²) in [6.45, 7) is 3.16. The fraction of sp³-hybridized carbons (Fsp3) is 0.571. The van der Waals surface area contributed by atoms with E-state index >= 15 is 0 Å². The van der Waals surface area contributed by atoms with Crippen LogP contribution in [0.2, 0.25) is 0 Å². The van der Waals surface area contributed by atoms with Gasteiger partial charge in [-0.1, -0.05) is 0 Å². The molecule has 2 aliphatic heterocycles. The van der Waals surface area contributed by atoms with Gasteiger partial charge < -0.3 is 19.5 Å². The third-order valence-corrected chi connectivity index (χ3v) is 5.84. The lowest BCUT2D eigenvalue weighted by atomic mass is 9.84. The minimum Gasteiger partial charge on any atom is -0.496 e. The standard InChI is InChI=1S/C21H27NO6/c1-13(23)15-3-4-18(27-2)16(11-15)12-19(24)22-8-5-14(6-9-22)20-17(21(25)26)7-10-28-20/h3-4,11,14,17,20H,5-10,12H2,1-2H3,(H,25,26)/t17?,20-/m0/s1. The highest BCUT2D eigenvalue weighted by atomic mass is 16.5. The third kappa shape index (κ3) is 4.35. The summed E-state index contributed by atoms with van der Waals surface area (Å²) in [7, 11) is 1.54. The molecule has 0 aliphatic carbocycles. The van der Waals surface area contributed by atoms with Gasteiger partial charge in [-0.05, 0) is 50.3 Å². The predicted octanol–water partition coefficient (Wildman–Crippen LogP) is 2.17. The van der Waals surface area contributed by atoms with Crippen molar-refractivity contribution in [3.8, 4) is 5.75 Å². The van der Waals surface area contributed by atoms with Gasteiger partial charge in [-0.25, -0.2) is 0 Å². The molecule has 0 radical (unpaired) electrons. The summed E-state index contributed by atoms with van der Waals surface area (Å²) < 4.78 is 11.0. The van der Waals surface area contributed by atoms with Gasteiger partial charge in [0.2, 0.25) is 5.91 Å². The molecule has 152 valence electrons. The lowest BCUT2D eigenvalue weighted by Gasteiger charge is -2.35. The van der Waals surface area contributed by atoms with E-state index in [1.165, 1.54) is 6.92 Å². The summed E-state index contributed by atoms with van der Waals surface area (Å²) in [6.07, 6.45) is 1.97. The third-order valence-electron chi connectivity index (χ3n) is 5.84. The Kier molecular flexibility index (Phi) is 6.34. The highest BCUT2D eigenvalue weighted by Gasteiger charge is 2.40. The molecule has 2 atom stereocenters. The van der Waals surface area contributed by atoms with Gasteiger partial charge in [-0.2, -0.15) is 0 Å². The summed E-state index contributed by atoms with van der Waals surface area (Å²) in [5, 5.41) is 9.35. The molecule has 3 rings (SSSR count). The van der Waals surface area contributed by atoms with Gasteiger partial charge in [-0.15, -0.1) is 0 Å². The number of piperidine rings is 1. The molecular formula is C21H27NO6. The van der Waals surface area contributed by atoms with Crippen molar-refractivity contribution < 1.29 is 29.0 Å². The predicted molar refractivity (Wildman–Crippen MR) is 101 cm³/mol. The first-order valence-electron chi connectivity index (χ1n) is 9.70. The van der Waals surface area contributed by atoms with E-state index in [9.17, 15) is 19.5 Å². The number of carboxylic acids is 1. The topological polar surface area (TPSA) is 93.1 Å². The van der Waals surface area contributed by atoms with Crippen LogP contribution in [-0.2, 0) is 20.7 Å². The second kappa shape index (κ2) is 8.73. The number of aliphatic carboxylic acids is 1. The van der Waals surface area contributed by atoms with E-state index in [1.807, 2.05) is 0 Å². The zero-order valence-electron chi connectivity index (χ0n) is 16.3. The Morgan fingerprint density at radius 3 is 2.54 bits per heavy atom. The van der Waals surface area contributed by atoms with Crippen LogP contribution in [0, 0.1) is 11.8 Å². The van der Waals surface area contributed by atoms with Crippen molar-refractivity contribution >= 4 is 17.7 Å². The lowest BCUT2D eigenvalue weighted by molar-refractivity contribution is -0.145. The largest absolute Gasteiger partial charge is 0.496 e. The number of hydrogen-bond donors (Lipinski definition) is 1. The lowest BCUT2D eigenvalue weighted by Crippen LogP contribution is -2.43. The molecule has 0 spiro atoms. The summed E-state index contributed by atoms with van der Waals surface area (Å²) in [5.74, 6) is -0.536. The van der Waals surface area contributed by atoms with E-state index in [4.69, 9.17) is 9.47 Å². The van der Waals surface area contributed by atoms with Crippen LogP contribution in [0.4, 0.5) is 0 Å². The zero-order valence-corrected chi connectivity index (χ0v) is 16.3. The second-order valence-corrected chi connectivity index (χ2v) is 7.55. The van der Waals surface area contributed by atoms with Crippen molar-refractivity contribution in [2.24, 2.45) is 11.8 Å². The number of carboxylic acid groups (broad SMARTS) is 1. The first-order valence-corrected chi connectivity index (χ1v) is 9.70. The van der Waals surface area contributed by atoms with Crippen molar-refractivity contribution in [1.82, 2.24) is 4.90 Å². The minimum absolute atomic E-state index is 0.0143. The van der Waals surface area contributed by atoms with Crippen LogP contribution in [0.5, 0.6) is 5.75 Å². The van der Waals surface area contributed by atoms with E-state index in [0.717, 1.165) is 12.8 Å². The maximum atomic E-state index is 12.8. The molecule has 1 amide bonds. The molecule has 2 fully saturated rings. The number of benzene rings is 1. The number of carbonyl (C=O) groups excluding carboxylic acids is 2. The molecule has 2 heterocycles. The van der Waals surface area contributed by atoms with Crippen LogP contribution in [0.25, 0.3) is 0 Å². The van der Waals surface area contributed by atoms with Gasteiger partial charge in [0.25, 0.3) is 0 Å². The van der Waals surface area contributed by atoms with Crippen LogP contribution in [-0.4, -0.2) is 60.6 Å². The number of likely N-dealkylation sites (tertiary alicyclic amines) is 1. The second-order valence-electron chi connectivity index (χ2n) is 7.55. The minimum atomic E-state index is -0.793. The number of Topliss-reactive ketones (excluding diaryl/α,β-unsaturated/α-hetero) is 1. The molecule has 1 aromatic carbocycles. The number of methoxy groups -OCH3 is 1. The molecule has 0 aromatic heterocycles. The molecule has 2 saturated heterocycles. The van der Waals surface area contributed by atoms with Crippen molar-refractivity contribution in [3.05, 3.63) is 29.3 Å². The summed E-state index contributed by atoms with van der Waals surface area (Å²) >= 11 is 0. The van der Waals surface area contributed by atoms with Crippen LogP contribution >= 0.6 is 0 Å². The summed E-state index contributed by atoms with van der Waals surface area (Å²) in [6, 6.07) is 5.13. The maximum Gasteiger partial charge on any atom is 0.309 e. The Bertz CT molecular complexity index is 753. The Balaban J connectivity index is 1.61. The molecular weight excluding hydrogens is 362 g/mol. The first-order chi connectivity index (χ1) is 13.4. The normalized spacial score (nSPS) is 22.9. The zero-order chi connectivity index (χ0) is 20.3. The van der Waals surface area contributed by atoms with E-state index < -0.39 is 11.9 Å². The van der Waals surface area contributed by atoms with E-state index in [1.54, 1.807) is 30.2 Å². The molecule has 7 nitrogen and oxygen atoms in total. The molecule has 0 bridgehead atoms. The summed E-state index contributed by atoms with van der Waals surface area (Å²) in [5.41, 5.74) is 1.26. The highest BCUT2D eigenvalue weighted by molar-refractivity contribution is 5.94. The van der Waals surface area contributed by atoms with Gasteiger partial charge in [0.05, 0.1) is 25.6 Å². The number of ether oxygens (including phenoxy) is 2. The number of rotatable bonds is 6. The van der Waals surface area contributed by atoms with Gasteiger partial charge in [0.1, 0.15) is 5.75 Å². The molecule has 1 unspecified atom stereocenters. The van der Waals surface area contributed by atoms with Gasteiger partial charge in [0.15, 0.2) is 5.78 Å². The molecule has 2 aliphatic rings. The Hall–Kier alpha value is -2.41. The average molecular weight is 389 g/mol. The van der Waals surface area contributed by atoms with Crippen LogP contribution in [0.3, 0.4) is 0 Å². The van der Waals surface area contributed by atoms with Crippen LogP contribution < -0.4 is 4.74 Å². The fourth-order valence-electron chi connectivity index (χ4n) is 4.23. The van der Waals surface area contributed by atoms with E-state index in [0.29, 0.717) is 43.0 Å². The van der Waals surface area contributed by atoms with E-state index in [-0.39, 0.29) is 30.1 Å². The number of hydrogen-bond acceptors (Lipinski definition) is 5. The van der Waals surface area contributed by atoms with Crippen molar-refractivity contribution in [3.63, 3.8) is 0 Å². The molecule has 7 heteroatoms. The first kappa shape index (κ1) is 20.3. The Labute approximate surface area is 164 Å². The summed E-state index contributed by atoms with van der Waals surface area (Å²) in [4.78, 5) is 37.6. The Morgan fingerprint density at radius 2 is 1.93 bits per heavy atom. The van der Waals surface area contributed by atoms with Crippen molar-refractivity contribution in [2.45, 2.75) is 38.7 Å². The monoisotopic (exact) mass is 389 g/mol. The molecule has 1 N–H and O–H groups in total. The quantitative estimate of drug-likeness (QED) is 0.750. The van der Waals surface area contributed by atoms with Crippen molar-refractivity contribution in [2.75, 3.05) is 26.8 Å². The Morgan fingerprint density at radius 1 is 1.21 bits per heavy atom. The van der Waals surface area contributed by atoms with Gasteiger partial charge in [-0.3, -0.25) is 14.4 Å². The fourth-order valence-corrected chi connectivity index (χ4v) is 4.23. The van der Waals surface area contributed by atoms with Gasteiger partial charge in [0, 0.05) is 30.8 Å².